The summed E-state index contributed by atoms with van der Waals surface area (Å²) in [6.07, 6.45) is 3.81. The first-order valence-electron chi connectivity index (χ1n) is 6.80. The van der Waals surface area contributed by atoms with Crippen LogP contribution in [0.2, 0.25) is 0 Å². The second-order valence-electron chi connectivity index (χ2n) is 5.25. The van der Waals surface area contributed by atoms with Gasteiger partial charge in [-0.25, -0.2) is 0 Å². The van der Waals surface area contributed by atoms with Gasteiger partial charge in [-0.2, -0.15) is 0 Å². The van der Waals surface area contributed by atoms with Gasteiger partial charge in [-0.1, -0.05) is 6.42 Å². The van der Waals surface area contributed by atoms with E-state index in [9.17, 15) is 24.8 Å². The molecule has 1 saturated carbocycles. The highest BCUT2D eigenvalue weighted by molar-refractivity contribution is 5.94. The maximum absolute atomic E-state index is 11.9. The molecule has 2 unspecified atom stereocenters. The second-order valence-corrected chi connectivity index (χ2v) is 5.25. The number of H-pyrrole nitrogens is 1. The van der Waals surface area contributed by atoms with Crippen molar-refractivity contribution in [2.75, 3.05) is 6.54 Å². The van der Waals surface area contributed by atoms with Crippen molar-refractivity contribution >= 4 is 11.6 Å². The Kier molecular flexibility index (Phi) is 4.69. The highest BCUT2D eigenvalue weighted by atomic mass is 16.6. The minimum atomic E-state index is -0.676. The number of aliphatic hydroxyl groups is 1. The summed E-state index contributed by atoms with van der Waals surface area (Å²) in [6, 6.07) is 0.962. The number of aromatic nitrogens is 1. The summed E-state index contributed by atoms with van der Waals surface area (Å²) in [5.41, 5.74) is -1.28. The van der Waals surface area contributed by atoms with Crippen LogP contribution in [0.5, 0.6) is 0 Å². The third-order valence-corrected chi connectivity index (χ3v) is 3.65. The molecule has 0 aliphatic heterocycles. The largest absolute Gasteiger partial charge is 0.393 e. The molecule has 0 spiro atoms. The van der Waals surface area contributed by atoms with E-state index >= 15 is 0 Å². The van der Waals surface area contributed by atoms with Crippen molar-refractivity contribution in [3.8, 4) is 0 Å². The Morgan fingerprint density at radius 1 is 1.52 bits per heavy atom. The van der Waals surface area contributed by atoms with Crippen LogP contribution in [0.3, 0.4) is 0 Å². The molecule has 1 heterocycles. The monoisotopic (exact) mass is 295 g/mol. The zero-order valence-corrected chi connectivity index (χ0v) is 11.4. The Morgan fingerprint density at radius 3 is 2.95 bits per heavy atom. The molecule has 2 atom stereocenters. The third kappa shape index (κ3) is 3.88. The molecule has 1 amide bonds. The first-order chi connectivity index (χ1) is 9.97. The summed E-state index contributed by atoms with van der Waals surface area (Å²) < 4.78 is 0. The van der Waals surface area contributed by atoms with Crippen molar-refractivity contribution in [1.29, 1.82) is 0 Å². The number of hydrogen-bond acceptors (Lipinski definition) is 5. The number of nitrogens with one attached hydrogen (secondary N) is 2. The number of aromatic amines is 1. The number of rotatable bonds is 4. The van der Waals surface area contributed by atoms with E-state index in [0.717, 1.165) is 31.5 Å². The Labute approximate surface area is 120 Å². The predicted octanol–water partition coefficient (Wildman–Crippen LogP) is 0.564. The zero-order chi connectivity index (χ0) is 15.4. The van der Waals surface area contributed by atoms with Crippen LogP contribution in [-0.2, 0) is 0 Å². The van der Waals surface area contributed by atoms with Gasteiger partial charge in [0.05, 0.1) is 17.2 Å². The van der Waals surface area contributed by atoms with Gasteiger partial charge in [0, 0.05) is 12.6 Å². The molecule has 0 saturated heterocycles. The number of carbonyl (C=O) groups excluding carboxylic acids is 1. The van der Waals surface area contributed by atoms with E-state index in [1.54, 1.807) is 0 Å². The lowest BCUT2D eigenvalue weighted by atomic mass is 9.87. The van der Waals surface area contributed by atoms with Gasteiger partial charge in [0.2, 0.25) is 0 Å². The number of nitro groups is 1. The molecule has 1 aromatic rings. The highest BCUT2D eigenvalue weighted by Gasteiger charge is 2.22. The average Bonchev–Trinajstić information content (AvgIpc) is 2.45. The zero-order valence-electron chi connectivity index (χ0n) is 11.4. The second kappa shape index (κ2) is 6.49. The molecule has 1 aliphatic rings. The van der Waals surface area contributed by atoms with Crippen molar-refractivity contribution in [2.24, 2.45) is 5.92 Å². The molecular weight excluding hydrogens is 278 g/mol. The molecule has 2 rings (SSSR count). The Bertz CT molecular complexity index is 598. The summed E-state index contributed by atoms with van der Waals surface area (Å²) in [7, 11) is 0. The van der Waals surface area contributed by atoms with Crippen molar-refractivity contribution in [3.63, 3.8) is 0 Å². The minimum Gasteiger partial charge on any atom is -0.393 e. The van der Waals surface area contributed by atoms with Crippen molar-refractivity contribution in [3.05, 3.63) is 38.3 Å². The normalized spacial score (nSPS) is 21.8. The van der Waals surface area contributed by atoms with Gasteiger partial charge < -0.3 is 15.4 Å². The van der Waals surface area contributed by atoms with E-state index in [0.29, 0.717) is 13.0 Å². The van der Waals surface area contributed by atoms with Crippen LogP contribution in [0.15, 0.2) is 17.1 Å². The van der Waals surface area contributed by atoms with Gasteiger partial charge in [-0.05, 0) is 25.2 Å². The predicted molar refractivity (Wildman–Crippen MR) is 74.0 cm³/mol. The van der Waals surface area contributed by atoms with Crippen molar-refractivity contribution < 1.29 is 14.8 Å². The summed E-state index contributed by atoms with van der Waals surface area (Å²) in [5, 5.41) is 22.8. The smallest absolute Gasteiger partial charge is 0.286 e. The molecule has 1 aromatic heterocycles. The molecule has 8 heteroatoms. The van der Waals surface area contributed by atoms with Gasteiger partial charge in [0.1, 0.15) is 5.56 Å². The van der Waals surface area contributed by atoms with Gasteiger partial charge in [-0.3, -0.25) is 19.7 Å². The van der Waals surface area contributed by atoms with E-state index in [2.05, 4.69) is 10.3 Å². The van der Waals surface area contributed by atoms with E-state index in [-0.39, 0.29) is 23.3 Å². The fraction of sp³-hybridized carbons (Fsp3) is 0.538. The Balaban J connectivity index is 2.01. The number of nitrogens with zero attached hydrogens (tertiary/aromatic N) is 1. The molecule has 0 aromatic carbocycles. The average molecular weight is 295 g/mol. The fourth-order valence-electron chi connectivity index (χ4n) is 2.53. The maximum atomic E-state index is 11.9. The molecular formula is C13H17N3O5. The van der Waals surface area contributed by atoms with E-state index in [1.165, 1.54) is 0 Å². The highest BCUT2D eigenvalue weighted by Crippen LogP contribution is 2.23. The van der Waals surface area contributed by atoms with Crippen LogP contribution in [0.4, 0.5) is 5.69 Å². The number of aliphatic hydroxyl groups excluding tert-OH is 1. The third-order valence-electron chi connectivity index (χ3n) is 3.65. The molecule has 0 bridgehead atoms. The van der Waals surface area contributed by atoms with E-state index < -0.39 is 16.4 Å². The molecule has 1 aliphatic carbocycles. The maximum Gasteiger partial charge on any atom is 0.286 e. The number of pyridine rings is 1. The van der Waals surface area contributed by atoms with Gasteiger partial charge in [0.15, 0.2) is 0 Å². The summed E-state index contributed by atoms with van der Waals surface area (Å²) in [5.74, 6) is -0.476. The number of hydrogen-bond donors (Lipinski definition) is 3. The van der Waals surface area contributed by atoms with Crippen molar-refractivity contribution in [1.82, 2.24) is 10.3 Å². The van der Waals surface area contributed by atoms with Crippen LogP contribution in [0.25, 0.3) is 0 Å². The topological polar surface area (TPSA) is 125 Å². The SMILES string of the molecule is O=C(NCC1CCCC(O)C1)c1cc([N+](=O)[O-])c[nH]c1=O. The first-order valence-corrected chi connectivity index (χ1v) is 6.80. The van der Waals surface area contributed by atoms with Gasteiger partial charge >= 0.3 is 0 Å². The van der Waals surface area contributed by atoms with Gasteiger partial charge in [0.25, 0.3) is 17.2 Å². The molecule has 0 radical (unpaired) electrons. The van der Waals surface area contributed by atoms with Crippen LogP contribution < -0.4 is 10.9 Å². The number of carbonyl (C=O) groups is 1. The molecule has 3 N–H and O–H groups in total. The molecule has 1 fully saturated rings. The number of amides is 1. The molecule has 114 valence electrons. The Hall–Kier alpha value is -2.22. The lowest BCUT2D eigenvalue weighted by molar-refractivity contribution is -0.385. The first kappa shape index (κ1) is 15.2. The summed E-state index contributed by atoms with van der Waals surface area (Å²) in [4.78, 5) is 35.7. The van der Waals surface area contributed by atoms with Crippen LogP contribution in [0.1, 0.15) is 36.0 Å². The standard InChI is InChI=1S/C13H17N3O5/c17-10-3-1-2-8(4-10)6-14-12(18)11-5-9(16(20)21)7-15-13(11)19/h5,7-8,10,17H,1-4,6H2,(H,14,18)(H,15,19). The fourth-order valence-corrected chi connectivity index (χ4v) is 2.53. The lowest BCUT2D eigenvalue weighted by Crippen LogP contribution is -2.35. The van der Waals surface area contributed by atoms with E-state index in [1.807, 2.05) is 0 Å². The van der Waals surface area contributed by atoms with E-state index in [4.69, 9.17) is 0 Å². The summed E-state index contributed by atoms with van der Waals surface area (Å²) in [6.45, 7) is 0.345. The van der Waals surface area contributed by atoms with Gasteiger partial charge in [-0.15, -0.1) is 0 Å². The molecule has 8 nitrogen and oxygen atoms in total. The molecule has 21 heavy (non-hydrogen) atoms. The van der Waals surface area contributed by atoms with Crippen LogP contribution in [-0.4, -0.2) is 33.6 Å². The van der Waals surface area contributed by atoms with Crippen LogP contribution >= 0.6 is 0 Å². The summed E-state index contributed by atoms with van der Waals surface area (Å²) >= 11 is 0. The van der Waals surface area contributed by atoms with Crippen LogP contribution in [0, 0.1) is 16.0 Å². The minimum absolute atomic E-state index is 0.162. The lowest BCUT2D eigenvalue weighted by Gasteiger charge is -2.25. The Morgan fingerprint density at radius 2 is 2.29 bits per heavy atom. The van der Waals surface area contributed by atoms with Crippen molar-refractivity contribution in [2.45, 2.75) is 31.8 Å². The quantitative estimate of drug-likeness (QED) is 0.553.